The number of hydrogen-bond donors (Lipinski definition) is 1. The lowest BCUT2D eigenvalue weighted by Gasteiger charge is -2.38. The van der Waals surface area contributed by atoms with Crippen molar-refractivity contribution in [3.63, 3.8) is 0 Å². The third kappa shape index (κ3) is 6.50. The van der Waals surface area contributed by atoms with Crippen molar-refractivity contribution in [2.75, 3.05) is 31.5 Å². The molecule has 1 aromatic heterocycles. The van der Waals surface area contributed by atoms with Crippen molar-refractivity contribution in [3.8, 4) is 5.69 Å². The number of rotatable bonds is 7. The number of likely N-dealkylation sites (tertiary alicyclic amines) is 1. The summed E-state index contributed by atoms with van der Waals surface area (Å²) in [7, 11) is 0. The van der Waals surface area contributed by atoms with Crippen LogP contribution in [0.15, 0.2) is 67.0 Å². The van der Waals surface area contributed by atoms with Gasteiger partial charge in [-0.15, -0.1) is 11.8 Å². The molecule has 0 spiro atoms. The van der Waals surface area contributed by atoms with E-state index >= 15 is 0 Å². The first-order chi connectivity index (χ1) is 21.2. The molecule has 0 saturated carbocycles. The molecule has 2 unspecified atom stereocenters. The van der Waals surface area contributed by atoms with E-state index in [0.717, 1.165) is 48.2 Å². The molecular formula is C34H42N6O3S. The molecule has 0 radical (unpaired) electrons. The van der Waals surface area contributed by atoms with Crippen molar-refractivity contribution in [1.82, 2.24) is 24.5 Å². The number of urea groups is 1. The Labute approximate surface area is 264 Å². The number of piperidine rings is 1. The molecule has 6 rings (SSSR count). The summed E-state index contributed by atoms with van der Waals surface area (Å²) in [5.41, 5.74) is 4.07. The molecule has 2 aromatic carbocycles. The molecule has 9 nitrogen and oxygen atoms in total. The van der Waals surface area contributed by atoms with Gasteiger partial charge in [-0.05, 0) is 54.9 Å². The summed E-state index contributed by atoms with van der Waals surface area (Å²) in [6.45, 7) is 9.03. The number of carbonyl (C=O) groups excluding carboxylic acids is 3. The van der Waals surface area contributed by atoms with E-state index in [-0.39, 0.29) is 41.1 Å². The maximum Gasteiger partial charge on any atom is 0.322 e. The Hall–Kier alpha value is -3.79. The van der Waals surface area contributed by atoms with Crippen LogP contribution in [0.5, 0.6) is 0 Å². The molecule has 2 fully saturated rings. The molecule has 2 saturated heterocycles. The fourth-order valence-electron chi connectivity index (χ4n) is 6.42. The van der Waals surface area contributed by atoms with Gasteiger partial charge in [0.15, 0.2) is 0 Å². The molecule has 1 N–H and O–H groups in total. The highest BCUT2D eigenvalue weighted by atomic mass is 32.2. The number of carbonyl (C=O) groups is 3. The van der Waals surface area contributed by atoms with Crippen molar-refractivity contribution in [2.45, 2.75) is 69.5 Å². The fraction of sp³-hybridized carbons (Fsp3) is 0.471. The van der Waals surface area contributed by atoms with Gasteiger partial charge in [-0.25, -0.2) is 9.48 Å². The summed E-state index contributed by atoms with van der Waals surface area (Å²) < 4.78 is 1.84. The molecule has 3 aliphatic heterocycles. The minimum atomic E-state index is -0.439. The topological polar surface area (TPSA) is 90.8 Å². The van der Waals surface area contributed by atoms with Crippen LogP contribution >= 0.6 is 11.8 Å². The van der Waals surface area contributed by atoms with Gasteiger partial charge in [0.1, 0.15) is 5.37 Å². The number of thioether (sulfide) groups is 1. The second-order valence-corrected chi connectivity index (χ2v) is 14.5. The third-order valence-electron chi connectivity index (χ3n) is 8.95. The van der Waals surface area contributed by atoms with E-state index in [9.17, 15) is 14.4 Å². The van der Waals surface area contributed by atoms with E-state index in [0.29, 0.717) is 26.2 Å². The zero-order valence-corrected chi connectivity index (χ0v) is 26.6. The molecule has 3 aromatic rings. The standard InChI is InChI=1S/C34H42N6O3S/c1-34(2,3)16-22-39-31(42)29(44-32(39)26-10-5-7-12-28(26)40-18-8-17-35-40)23-30(41)37-19-14-25(15-20-37)38-21-13-24-9-4-6-11-27(24)36-33(38)43/h4-12,17-18,25,29,32H,13-16,19-23H2,1-3H3,(H,36,43). The lowest BCUT2D eigenvalue weighted by Crippen LogP contribution is -2.50. The van der Waals surface area contributed by atoms with Crippen LogP contribution in [-0.2, 0) is 16.0 Å². The van der Waals surface area contributed by atoms with Gasteiger partial charge in [0.2, 0.25) is 11.8 Å². The van der Waals surface area contributed by atoms with Crippen molar-refractivity contribution < 1.29 is 14.4 Å². The van der Waals surface area contributed by atoms with Gasteiger partial charge in [0, 0.05) is 62.3 Å². The Morgan fingerprint density at radius 3 is 2.50 bits per heavy atom. The van der Waals surface area contributed by atoms with Crippen molar-refractivity contribution in [1.29, 1.82) is 0 Å². The summed E-state index contributed by atoms with van der Waals surface area (Å²) in [6.07, 6.45) is 6.99. The second-order valence-electron chi connectivity index (χ2n) is 13.2. The number of amides is 4. The summed E-state index contributed by atoms with van der Waals surface area (Å²) in [5, 5.41) is 6.88. The molecule has 10 heteroatoms. The molecule has 232 valence electrons. The number of anilines is 1. The normalized spacial score (nSPS) is 21.3. The van der Waals surface area contributed by atoms with Crippen LogP contribution in [0.25, 0.3) is 5.69 Å². The maximum atomic E-state index is 13.9. The summed E-state index contributed by atoms with van der Waals surface area (Å²) in [6, 6.07) is 18.0. The number of fused-ring (bicyclic) bond motifs is 1. The molecule has 4 heterocycles. The molecule has 4 amide bonds. The predicted molar refractivity (Wildman–Crippen MR) is 174 cm³/mol. The lowest BCUT2D eigenvalue weighted by atomic mass is 9.92. The molecule has 0 bridgehead atoms. The van der Waals surface area contributed by atoms with Crippen LogP contribution in [0.1, 0.15) is 63.0 Å². The van der Waals surface area contributed by atoms with E-state index in [2.05, 4.69) is 43.3 Å². The minimum absolute atomic E-state index is 0.0128. The Balaban J connectivity index is 1.11. The third-order valence-corrected chi connectivity index (χ3v) is 10.4. The zero-order valence-electron chi connectivity index (χ0n) is 25.8. The maximum absolute atomic E-state index is 13.9. The number of nitrogens with one attached hydrogen (secondary N) is 1. The first kappa shape index (κ1) is 30.2. The predicted octanol–water partition coefficient (Wildman–Crippen LogP) is 5.72. The van der Waals surface area contributed by atoms with Crippen LogP contribution in [0.2, 0.25) is 0 Å². The van der Waals surface area contributed by atoms with Gasteiger partial charge in [-0.1, -0.05) is 57.2 Å². The number of nitrogens with zero attached hydrogens (tertiary/aromatic N) is 5. The summed E-state index contributed by atoms with van der Waals surface area (Å²) in [4.78, 5) is 46.3. The van der Waals surface area contributed by atoms with E-state index < -0.39 is 5.25 Å². The highest BCUT2D eigenvalue weighted by molar-refractivity contribution is 8.01. The first-order valence-electron chi connectivity index (χ1n) is 15.7. The molecule has 44 heavy (non-hydrogen) atoms. The van der Waals surface area contributed by atoms with Gasteiger partial charge in [-0.3, -0.25) is 9.59 Å². The Morgan fingerprint density at radius 1 is 1.00 bits per heavy atom. The van der Waals surface area contributed by atoms with Crippen LogP contribution in [-0.4, -0.2) is 79.8 Å². The molecular weight excluding hydrogens is 572 g/mol. The van der Waals surface area contributed by atoms with Gasteiger partial charge in [0.25, 0.3) is 0 Å². The molecule has 2 atom stereocenters. The minimum Gasteiger partial charge on any atom is -0.342 e. The lowest BCUT2D eigenvalue weighted by molar-refractivity contribution is -0.137. The monoisotopic (exact) mass is 614 g/mol. The SMILES string of the molecule is CC(C)(C)CCN1C(=O)C(CC(=O)N2CCC(N3CCc4ccccc4NC3=O)CC2)SC1c1ccccc1-n1cccn1. The van der Waals surface area contributed by atoms with E-state index in [1.807, 2.05) is 68.0 Å². The van der Waals surface area contributed by atoms with Crippen LogP contribution in [0.4, 0.5) is 10.5 Å². The van der Waals surface area contributed by atoms with E-state index in [1.165, 1.54) is 0 Å². The van der Waals surface area contributed by atoms with Crippen molar-refractivity contribution in [2.24, 2.45) is 5.41 Å². The zero-order chi connectivity index (χ0) is 30.8. The molecule has 0 aliphatic carbocycles. The van der Waals surface area contributed by atoms with E-state index in [1.54, 1.807) is 18.0 Å². The largest absolute Gasteiger partial charge is 0.342 e. The number of hydrogen-bond acceptors (Lipinski definition) is 5. The van der Waals surface area contributed by atoms with Crippen LogP contribution in [0.3, 0.4) is 0 Å². The van der Waals surface area contributed by atoms with Gasteiger partial charge < -0.3 is 20.0 Å². The number of aromatic nitrogens is 2. The highest BCUT2D eigenvalue weighted by Gasteiger charge is 2.44. The summed E-state index contributed by atoms with van der Waals surface area (Å²) in [5.74, 6) is 0.0439. The average molecular weight is 615 g/mol. The van der Waals surface area contributed by atoms with Crippen molar-refractivity contribution >= 4 is 35.3 Å². The number of para-hydroxylation sites is 2. The second kappa shape index (κ2) is 12.7. The van der Waals surface area contributed by atoms with Gasteiger partial charge in [0.05, 0.1) is 10.9 Å². The van der Waals surface area contributed by atoms with Crippen molar-refractivity contribution in [3.05, 3.63) is 78.1 Å². The first-order valence-corrected chi connectivity index (χ1v) is 16.6. The average Bonchev–Trinajstić information content (AvgIpc) is 3.61. The van der Waals surface area contributed by atoms with E-state index in [4.69, 9.17) is 0 Å². The quantitative estimate of drug-likeness (QED) is 0.368. The Kier molecular flexibility index (Phi) is 8.71. The van der Waals surface area contributed by atoms with Gasteiger partial charge >= 0.3 is 6.03 Å². The Bertz CT molecular complexity index is 1490. The van der Waals surface area contributed by atoms with Crippen LogP contribution in [0, 0.1) is 5.41 Å². The Morgan fingerprint density at radius 2 is 1.75 bits per heavy atom. The number of benzene rings is 2. The summed E-state index contributed by atoms with van der Waals surface area (Å²) >= 11 is 1.58. The molecule has 3 aliphatic rings. The fourth-order valence-corrected chi connectivity index (χ4v) is 7.92. The smallest absolute Gasteiger partial charge is 0.322 e. The van der Waals surface area contributed by atoms with Gasteiger partial charge in [-0.2, -0.15) is 5.10 Å². The highest BCUT2D eigenvalue weighted by Crippen LogP contribution is 2.46. The van der Waals surface area contributed by atoms with Crippen LogP contribution < -0.4 is 5.32 Å².